The van der Waals surface area contributed by atoms with Crippen LogP contribution in [0, 0.1) is 0 Å². The zero-order chi connectivity index (χ0) is 8.55. The van der Waals surface area contributed by atoms with Gasteiger partial charge in [-0.15, -0.1) is 0 Å². The summed E-state index contributed by atoms with van der Waals surface area (Å²) in [6.45, 7) is 0.642. The van der Waals surface area contributed by atoms with E-state index in [-0.39, 0.29) is 0 Å². The first kappa shape index (κ1) is 8.02. The Hall–Kier alpha value is -0.600. The van der Waals surface area contributed by atoms with Gasteiger partial charge in [0.15, 0.2) is 0 Å². The van der Waals surface area contributed by atoms with Gasteiger partial charge in [-0.3, -0.25) is 0 Å². The fourth-order valence-electron chi connectivity index (χ4n) is 1.56. The van der Waals surface area contributed by atoms with E-state index in [1.807, 2.05) is 0 Å². The lowest BCUT2D eigenvalue weighted by Crippen LogP contribution is -2.00. The summed E-state index contributed by atoms with van der Waals surface area (Å²) in [7, 11) is 0. The number of nitrogens with two attached hydrogens (primary N) is 1. The standard InChI is InChI=1S/C10H10BrN/c11-9-4-3-7-1-2-8(6-12)10(7)5-9/h2-5H,1,6,12H2. The summed E-state index contributed by atoms with van der Waals surface area (Å²) in [4.78, 5) is 0. The lowest BCUT2D eigenvalue weighted by molar-refractivity contribution is 1.27. The van der Waals surface area contributed by atoms with Gasteiger partial charge >= 0.3 is 0 Å². The molecule has 1 aliphatic carbocycles. The molecule has 0 spiro atoms. The van der Waals surface area contributed by atoms with Gasteiger partial charge in [-0.2, -0.15) is 0 Å². The molecule has 2 rings (SSSR count). The van der Waals surface area contributed by atoms with Gasteiger partial charge in [0.05, 0.1) is 0 Å². The zero-order valence-corrected chi connectivity index (χ0v) is 8.26. The predicted octanol–water partition coefficient (Wildman–Crippen LogP) is 2.35. The van der Waals surface area contributed by atoms with Crippen molar-refractivity contribution in [3.63, 3.8) is 0 Å². The monoisotopic (exact) mass is 223 g/mol. The highest BCUT2D eigenvalue weighted by Crippen LogP contribution is 2.28. The van der Waals surface area contributed by atoms with E-state index < -0.39 is 0 Å². The maximum atomic E-state index is 5.62. The molecule has 0 heterocycles. The molecule has 0 saturated carbocycles. The first-order chi connectivity index (χ1) is 5.81. The molecule has 0 bridgehead atoms. The molecule has 1 nitrogen and oxygen atoms in total. The third-order valence-corrected chi connectivity index (χ3v) is 2.70. The zero-order valence-electron chi connectivity index (χ0n) is 6.68. The Balaban J connectivity index is 2.50. The van der Waals surface area contributed by atoms with Crippen molar-refractivity contribution in [1.29, 1.82) is 0 Å². The fourth-order valence-corrected chi connectivity index (χ4v) is 1.92. The van der Waals surface area contributed by atoms with E-state index in [1.165, 1.54) is 16.7 Å². The molecule has 62 valence electrons. The van der Waals surface area contributed by atoms with Gasteiger partial charge in [0.2, 0.25) is 0 Å². The van der Waals surface area contributed by atoms with Crippen LogP contribution in [0.15, 0.2) is 28.7 Å². The molecule has 2 N–H and O–H groups in total. The summed E-state index contributed by atoms with van der Waals surface area (Å²) in [5, 5.41) is 0. The Labute approximate surface area is 80.4 Å². The van der Waals surface area contributed by atoms with Gasteiger partial charge in [-0.05, 0) is 35.3 Å². The Bertz CT molecular complexity index is 342. The number of hydrogen-bond acceptors (Lipinski definition) is 1. The summed E-state index contributed by atoms with van der Waals surface area (Å²) >= 11 is 3.45. The van der Waals surface area contributed by atoms with Crippen molar-refractivity contribution in [2.24, 2.45) is 5.73 Å². The number of allylic oxidation sites excluding steroid dienone is 1. The molecule has 0 unspecified atom stereocenters. The lowest BCUT2D eigenvalue weighted by Gasteiger charge is -2.02. The average molecular weight is 224 g/mol. The quantitative estimate of drug-likeness (QED) is 0.778. The Morgan fingerprint density at radius 2 is 2.25 bits per heavy atom. The summed E-state index contributed by atoms with van der Waals surface area (Å²) < 4.78 is 1.13. The fraction of sp³-hybridized carbons (Fsp3) is 0.200. The molecule has 0 aromatic heterocycles. The van der Waals surface area contributed by atoms with Gasteiger partial charge in [-0.1, -0.05) is 28.1 Å². The van der Waals surface area contributed by atoms with Crippen LogP contribution in [-0.2, 0) is 6.42 Å². The van der Waals surface area contributed by atoms with Crippen molar-refractivity contribution in [1.82, 2.24) is 0 Å². The van der Waals surface area contributed by atoms with E-state index in [1.54, 1.807) is 0 Å². The Morgan fingerprint density at radius 1 is 1.42 bits per heavy atom. The molecule has 12 heavy (non-hydrogen) atoms. The van der Waals surface area contributed by atoms with Gasteiger partial charge in [0.1, 0.15) is 0 Å². The van der Waals surface area contributed by atoms with Gasteiger partial charge < -0.3 is 5.73 Å². The summed E-state index contributed by atoms with van der Waals surface area (Å²) in [6.07, 6.45) is 3.24. The summed E-state index contributed by atoms with van der Waals surface area (Å²) in [5.74, 6) is 0. The van der Waals surface area contributed by atoms with Crippen LogP contribution in [0.25, 0.3) is 5.57 Å². The third kappa shape index (κ3) is 1.21. The van der Waals surface area contributed by atoms with Gasteiger partial charge in [-0.25, -0.2) is 0 Å². The molecule has 1 aromatic rings. The topological polar surface area (TPSA) is 26.0 Å². The first-order valence-electron chi connectivity index (χ1n) is 3.99. The van der Waals surface area contributed by atoms with Gasteiger partial charge in [0, 0.05) is 11.0 Å². The second-order valence-corrected chi connectivity index (χ2v) is 3.85. The minimum absolute atomic E-state index is 0.642. The van der Waals surface area contributed by atoms with Crippen LogP contribution < -0.4 is 5.73 Å². The summed E-state index contributed by atoms with van der Waals surface area (Å²) in [6, 6.07) is 6.37. The van der Waals surface area contributed by atoms with E-state index in [0.717, 1.165) is 10.9 Å². The number of benzene rings is 1. The molecule has 0 aliphatic heterocycles. The third-order valence-electron chi connectivity index (χ3n) is 2.21. The molecular formula is C10H10BrN. The van der Waals surface area contributed by atoms with Crippen LogP contribution in [0.4, 0.5) is 0 Å². The number of fused-ring (bicyclic) bond motifs is 1. The van der Waals surface area contributed by atoms with Crippen molar-refractivity contribution in [3.8, 4) is 0 Å². The van der Waals surface area contributed by atoms with Crippen molar-refractivity contribution in [2.45, 2.75) is 6.42 Å². The van der Waals surface area contributed by atoms with Crippen molar-refractivity contribution >= 4 is 21.5 Å². The van der Waals surface area contributed by atoms with E-state index in [9.17, 15) is 0 Å². The molecular weight excluding hydrogens is 214 g/mol. The van der Waals surface area contributed by atoms with E-state index in [2.05, 4.69) is 40.2 Å². The molecule has 0 saturated heterocycles. The smallest absolute Gasteiger partial charge is 0.0181 e. The average Bonchev–Trinajstić information content (AvgIpc) is 2.46. The lowest BCUT2D eigenvalue weighted by atomic mass is 10.1. The molecule has 2 heteroatoms. The highest BCUT2D eigenvalue weighted by atomic mass is 79.9. The maximum absolute atomic E-state index is 5.62. The highest BCUT2D eigenvalue weighted by Gasteiger charge is 2.11. The minimum Gasteiger partial charge on any atom is -0.326 e. The molecule has 0 amide bonds. The molecule has 1 aliphatic rings. The number of hydrogen-bond donors (Lipinski definition) is 1. The SMILES string of the molecule is NCC1=CCc2ccc(Br)cc21. The normalized spacial score (nSPS) is 14.3. The van der Waals surface area contributed by atoms with Crippen LogP contribution in [0.5, 0.6) is 0 Å². The van der Waals surface area contributed by atoms with Crippen LogP contribution >= 0.6 is 15.9 Å². The summed E-state index contributed by atoms with van der Waals surface area (Å²) in [5.41, 5.74) is 9.58. The second kappa shape index (κ2) is 3.04. The van der Waals surface area contributed by atoms with Gasteiger partial charge in [0.25, 0.3) is 0 Å². The van der Waals surface area contributed by atoms with Crippen LogP contribution in [0.3, 0.4) is 0 Å². The maximum Gasteiger partial charge on any atom is 0.0181 e. The van der Waals surface area contributed by atoms with Crippen LogP contribution in [0.2, 0.25) is 0 Å². The largest absolute Gasteiger partial charge is 0.326 e. The van der Waals surface area contributed by atoms with Crippen LogP contribution in [-0.4, -0.2) is 6.54 Å². The van der Waals surface area contributed by atoms with Crippen molar-refractivity contribution in [2.75, 3.05) is 6.54 Å². The Kier molecular flexibility index (Phi) is 2.03. The Morgan fingerprint density at radius 3 is 3.00 bits per heavy atom. The molecule has 1 aromatic carbocycles. The molecule has 0 atom stereocenters. The number of rotatable bonds is 1. The van der Waals surface area contributed by atoms with Crippen LogP contribution in [0.1, 0.15) is 11.1 Å². The molecule has 0 radical (unpaired) electrons. The number of halogens is 1. The highest BCUT2D eigenvalue weighted by molar-refractivity contribution is 9.10. The van der Waals surface area contributed by atoms with Crippen molar-refractivity contribution in [3.05, 3.63) is 39.9 Å². The molecule has 0 fully saturated rings. The van der Waals surface area contributed by atoms with E-state index in [0.29, 0.717) is 6.54 Å². The van der Waals surface area contributed by atoms with Crippen molar-refractivity contribution < 1.29 is 0 Å². The predicted molar refractivity (Wildman–Crippen MR) is 54.9 cm³/mol. The minimum atomic E-state index is 0.642. The first-order valence-corrected chi connectivity index (χ1v) is 4.78. The van der Waals surface area contributed by atoms with E-state index in [4.69, 9.17) is 5.73 Å². The van der Waals surface area contributed by atoms with E-state index >= 15 is 0 Å². The second-order valence-electron chi connectivity index (χ2n) is 2.94.